The molecular weight excluding hydrogens is 384 g/mol. The fourth-order valence-electron chi connectivity index (χ4n) is 4.76. The molecule has 3 rings (SSSR count). The lowest BCUT2D eigenvalue weighted by atomic mass is 9.81. The van der Waals surface area contributed by atoms with Crippen molar-refractivity contribution in [3.05, 3.63) is 29.8 Å². The van der Waals surface area contributed by atoms with Gasteiger partial charge in [0.1, 0.15) is 11.9 Å². The van der Waals surface area contributed by atoms with Gasteiger partial charge in [-0.2, -0.15) is 0 Å². The zero-order valence-corrected chi connectivity index (χ0v) is 19.8. The standard InChI is InChI=1S/C28H44O3/c1-2-3-4-5-6-7-8-9-10-18-28(29)31-27-17-12-11-16-26(27)24-14-13-15-25(21-24)30-22-23-19-20-23/h13-15,21,23,26-27H,2-12,16-20,22H2,1H3/t26-,27+/m0/s1. The van der Waals surface area contributed by atoms with Crippen LogP contribution in [0, 0.1) is 5.92 Å². The van der Waals surface area contributed by atoms with E-state index in [0.29, 0.717) is 12.3 Å². The number of ether oxygens (including phenoxy) is 2. The molecule has 31 heavy (non-hydrogen) atoms. The Morgan fingerprint density at radius 3 is 2.35 bits per heavy atom. The van der Waals surface area contributed by atoms with Gasteiger partial charge in [-0.15, -0.1) is 0 Å². The average molecular weight is 429 g/mol. The molecule has 174 valence electrons. The van der Waals surface area contributed by atoms with E-state index in [0.717, 1.165) is 50.4 Å². The normalized spacial score (nSPS) is 21.1. The summed E-state index contributed by atoms with van der Waals surface area (Å²) in [7, 11) is 0. The first-order chi connectivity index (χ1) is 15.3. The Hall–Kier alpha value is -1.51. The summed E-state index contributed by atoms with van der Waals surface area (Å²) in [6.45, 7) is 3.10. The van der Waals surface area contributed by atoms with Gasteiger partial charge in [0.05, 0.1) is 6.61 Å². The minimum atomic E-state index is 0.000911. The van der Waals surface area contributed by atoms with Gasteiger partial charge in [0.2, 0.25) is 0 Å². The Morgan fingerprint density at radius 2 is 1.61 bits per heavy atom. The van der Waals surface area contributed by atoms with E-state index >= 15 is 0 Å². The molecule has 2 aliphatic rings. The van der Waals surface area contributed by atoms with Crippen molar-refractivity contribution in [2.24, 2.45) is 5.92 Å². The number of hydrogen-bond donors (Lipinski definition) is 0. The lowest BCUT2D eigenvalue weighted by molar-refractivity contribution is -0.151. The first kappa shape index (κ1) is 24.1. The predicted octanol–water partition coefficient (Wildman–Crippen LogP) is 7.97. The van der Waals surface area contributed by atoms with Crippen molar-refractivity contribution in [3.63, 3.8) is 0 Å². The second-order valence-electron chi connectivity index (χ2n) is 9.82. The van der Waals surface area contributed by atoms with E-state index in [1.165, 1.54) is 69.8 Å². The van der Waals surface area contributed by atoms with E-state index in [1.54, 1.807) is 0 Å². The molecule has 0 heterocycles. The molecule has 0 saturated heterocycles. The number of unbranched alkanes of at least 4 members (excludes halogenated alkanes) is 8. The molecule has 0 amide bonds. The highest BCUT2D eigenvalue weighted by Crippen LogP contribution is 2.37. The molecule has 3 nitrogen and oxygen atoms in total. The molecular formula is C28H44O3. The zero-order chi connectivity index (χ0) is 21.7. The Balaban J connectivity index is 1.37. The third-order valence-electron chi connectivity index (χ3n) is 6.94. The summed E-state index contributed by atoms with van der Waals surface area (Å²) in [4.78, 5) is 12.5. The quantitative estimate of drug-likeness (QED) is 0.210. The van der Waals surface area contributed by atoms with Gasteiger partial charge in [-0.05, 0) is 62.1 Å². The minimum absolute atomic E-state index is 0.000911. The number of carbonyl (C=O) groups is 1. The summed E-state index contributed by atoms with van der Waals surface area (Å²) in [5.41, 5.74) is 1.27. The predicted molar refractivity (Wildman–Crippen MR) is 128 cm³/mol. The average Bonchev–Trinajstić information content (AvgIpc) is 3.62. The molecule has 2 aliphatic carbocycles. The van der Waals surface area contributed by atoms with E-state index < -0.39 is 0 Å². The monoisotopic (exact) mass is 428 g/mol. The second kappa shape index (κ2) is 13.8. The van der Waals surface area contributed by atoms with E-state index in [-0.39, 0.29) is 12.1 Å². The maximum Gasteiger partial charge on any atom is 0.306 e. The molecule has 1 aromatic rings. The molecule has 0 spiro atoms. The Kier molecular flexibility index (Phi) is 10.8. The minimum Gasteiger partial charge on any atom is -0.493 e. The van der Waals surface area contributed by atoms with Gasteiger partial charge in [0.15, 0.2) is 0 Å². The third-order valence-corrected chi connectivity index (χ3v) is 6.94. The number of esters is 1. The van der Waals surface area contributed by atoms with Crippen LogP contribution >= 0.6 is 0 Å². The van der Waals surface area contributed by atoms with Crippen molar-refractivity contribution in [1.29, 1.82) is 0 Å². The Morgan fingerprint density at radius 1 is 0.903 bits per heavy atom. The number of carbonyl (C=O) groups excluding carboxylic acids is 1. The maximum absolute atomic E-state index is 12.5. The molecule has 0 N–H and O–H groups in total. The lowest BCUT2D eigenvalue weighted by Crippen LogP contribution is -2.28. The van der Waals surface area contributed by atoms with E-state index in [9.17, 15) is 4.79 Å². The molecule has 0 bridgehead atoms. The molecule has 0 aromatic heterocycles. The van der Waals surface area contributed by atoms with Crippen molar-refractivity contribution < 1.29 is 14.3 Å². The maximum atomic E-state index is 12.5. The topological polar surface area (TPSA) is 35.5 Å². The third kappa shape index (κ3) is 9.25. The van der Waals surface area contributed by atoms with Crippen molar-refractivity contribution in [2.75, 3.05) is 6.61 Å². The van der Waals surface area contributed by atoms with Gasteiger partial charge in [-0.25, -0.2) is 0 Å². The van der Waals surface area contributed by atoms with Crippen LogP contribution in [0.25, 0.3) is 0 Å². The van der Waals surface area contributed by atoms with Crippen LogP contribution in [0.15, 0.2) is 24.3 Å². The summed E-state index contributed by atoms with van der Waals surface area (Å²) in [5, 5.41) is 0. The van der Waals surface area contributed by atoms with Gasteiger partial charge in [-0.1, -0.05) is 76.8 Å². The zero-order valence-electron chi connectivity index (χ0n) is 19.8. The fourth-order valence-corrected chi connectivity index (χ4v) is 4.76. The molecule has 1 aromatic carbocycles. The van der Waals surface area contributed by atoms with Crippen LogP contribution in [0.3, 0.4) is 0 Å². The highest BCUT2D eigenvalue weighted by molar-refractivity contribution is 5.69. The summed E-state index contributed by atoms with van der Waals surface area (Å²) in [6, 6.07) is 8.51. The van der Waals surface area contributed by atoms with Crippen LogP contribution in [0.2, 0.25) is 0 Å². The summed E-state index contributed by atoms with van der Waals surface area (Å²) in [6.07, 6.45) is 19.1. The van der Waals surface area contributed by atoms with Crippen LogP contribution < -0.4 is 4.74 Å². The van der Waals surface area contributed by atoms with Crippen LogP contribution in [-0.2, 0) is 9.53 Å². The van der Waals surface area contributed by atoms with Gasteiger partial charge >= 0.3 is 5.97 Å². The van der Waals surface area contributed by atoms with Crippen LogP contribution in [-0.4, -0.2) is 18.7 Å². The molecule has 0 unspecified atom stereocenters. The molecule has 3 heteroatoms. The summed E-state index contributed by atoms with van der Waals surface area (Å²) in [5.74, 6) is 2.04. The highest BCUT2D eigenvalue weighted by atomic mass is 16.5. The van der Waals surface area contributed by atoms with Gasteiger partial charge in [0.25, 0.3) is 0 Å². The number of benzene rings is 1. The molecule has 2 fully saturated rings. The van der Waals surface area contributed by atoms with Crippen LogP contribution in [0.5, 0.6) is 5.75 Å². The summed E-state index contributed by atoms with van der Waals surface area (Å²) < 4.78 is 12.0. The SMILES string of the molecule is CCCCCCCCCCCC(=O)O[C@@H]1CCCC[C@H]1c1cccc(OCC2CC2)c1. The largest absolute Gasteiger partial charge is 0.493 e. The first-order valence-corrected chi connectivity index (χ1v) is 13.2. The van der Waals surface area contributed by atoms with Crippen molar-refractivity contribution in [3.8, 4) is 5.75 Å². The molecule has 0 radical (unpaired) electrons. The molecule has 2 atom stereocenters. The Bertz CT molecular complexity index is 637. The molecule has 2 saturated carbocycles. The van der Waals surface area contributed by atoms with Gasteiger partial charge in [0, 0.05) is 12.3 Å². The van der Waals surface area contributed by atoms with Crippen molar-refractivity contribution >= 4 is 5.97 Å². The smallest absolute Gasteiger partial charge is 0.306 e. The molecule has 0 aliphatic heterocycles. The lowest BCUT2D eigenvalue weighted by Gasteiger charge is -2.31. The second-order valence-corrected chi connectivity index (χ2v) is 9.82. The van der Waals surface area contributed by atoms with Gasteiger partial charge < -0.3 is 9.47 Å². The first-order valence-electron chi connectivity index (χ1n) is 13.2. The fraction of sp³-hybridized carbons (Fsp3) is 0.750. The highest BCUT2D eigenvalue weighted by Gasteiger charge is 2.30. The van der Waals surface area contributed by atoms with Gasteiger partial charge in [-0.3, -0.25) is 4.79 Å². The van der Waals surface area contributed by atoms with Crippen molar-refractivity contribution in [2.45, 2.75) is 122 Å². The van der Waals surface area contributed by atoms with Crippen LogP contribution in [0.1, 0.15) is 121 Å². The Labute approximate surface area is 190 Å². The number of hydrogen-bond acceptors (Lipinski definition) is 3. The van der Waals surface area contributed by atoms with E-state index in [1.807, 2.05) is 0 Å². The van der Waals surface area contributed by atoms with E-state index in [2.05, 4.69) is 31.2 Å². The van der Waals surface area contributed by atoms with Crippen LogP contribution in [0.4, 0.5) is 0 Å². The van der Waals surface area contributed by atoms with E-state index in [4.69, 9.17) is 9.47 Å². The van der Waals surface area contributed by atoms with Crippen molar-refractivity contribution in [1.82, 2.24) is 0 Å². The summed E-state index contributed by atoms with van der Waals surface area (Å²) >= 11 is 0. The number of rotatable bonds is 15.